The van der Waals surface area contributed by atoms with Gasteiger partial charge in [0.25, 0.3) is 0 Å². The van der Waals surface area contributed by atoms with Crippen LogP contribution < -0.4 is 0 Å². The summed E-state index contributed by atoms with van der Waals surface area (Å²) >= 11 is 0. The van der Waals surface area contributed by atoms with Gasteiger partial charge in [-0.1, -0.05) is 176 Å². The van der Waals surface area contributed by atoms with Crippen LogP contribution >= 0.6 is 0 Å². The van der Waals surface area contributed by atoms with E-state index in [4.69, 9.17) is 4.42 Å². The zero-order valence-electron chi connectivity index (χ0n) is 30.0. The smallest absolute Gasteiger partial charge is 0.135 e. The molecule has 10 aromatic carbocycles. The van der Waals surface area contributed by atoms with Crippen molar-refractivity contribution < 1.29 is 4.42 Å². The summed E-state index contributed by atoms with van der Waals surface area (Å²) in [6.07, 6.45) is 0. The molecule has 0 fully saturated rings. The fourth-order valence-corrected chi connectivity index (χ4v) is 8.78. The topological polar surface area (TPSA) is 13.1 Å². The highest BCUT2D eigenvalue weighted by Crippen LogP contribution is 2.47. The van der Waals surface area contributed by atoms with E-state index in [1.165, 1.54) is 87.6 Å². The first-order valence-corrected chi connectivity index (χ1v) is 18.9. The van der Waals surface area contributed by atoms with Crippen LogP contribution in [0.25, 0.3) is 110 Å². The molecule has 0 aliphatic carbocycles. The van der Waals surface area contributed by atoms with Crippen molar-refractivity contribution in [2.45, 2.75) is 0 Å². The number of furan rings is 1. The maximum atomic E-state index is 6.28. The molecule has 11 rings (SSSR count). The van der Waals surface area contributed by atoms with Gasteiger partial charge in [0, 0.05) is 10.9 Å². The molecule has 0 radical (unpaired) electrons. The fraction of sp³-hybridized carbons (Fsp3) is 0. The van der Waals surface area contributed by atoms with E-state index in [9.17, 15) is 0 Å². The molecule has 0 spiro atoms. The van der Waals surface area contributed by atoms with Gasteiger partial charge in [-0.2, -0.15) is 0 Å². The highest BCUT2D eigenvalue weighted by Gasteiger charge is 2.20. The fourth-order valence-electron chi connectivity index (χ4n) is 8.78. The first kappa shape index (κ1) is 31.3. The van der Waals surface area contributed by atoms with Crippen molar-refractivity contribution in [2.75, 3.05) is 0 Å². The minimum atomic E-state index is 0.884. The Balaban J connectivity index is 1.13. The zero-order valence-corrected chi connectivity index (χ0v) is 30.0. The highest BCUT2D eigenvalue weighted by atomic mass is 16.3. The van der Waals surface area contributed by atoms with Gasteiger partial charge in [-0.3, -0.25) is 0 Å². The number of hydrogen-bond acceptors (Lipinski definition) is 1. The Kier molecular flexibility index (Phi) is 7.25. The van der Waals surface area contributed by atoms with E-state index in [0.29, 0.717) is 0 Å². The second-order valence-corrected chi connectivity index (χ2v) is 14.4. The summed E-state index contributed by atoms with van der Waals surface area (Å²) in [5.74, 6) is 0.884. The van der Waals surface area contributed by atoms with E-state index in [0.717, 1.165) is 22.3 Å². The molecule has 0 aliphatic rings. The van der Waals surface area contributed by atoms with Gasteiger partial charge in [0.2, 0.25) is 0 Å². The standard InChI is InChI=1S/C54H34O/c1-3-15-35(16-4-1)50-33-40(32-37-19-7-8-20-42(37)50)53-46-21-9-11-23-48(46)54(49-24-12-10-22-47(49)53)45-28-14-26-43-41(25-13-27-44(43)45)38-29-30-51-39(31-38)34-52(55-51)36-17-5-2-6-18-36/h1-34H. The molecule has 0 bridgehead atoms. The lowest BCUT2D eigenvalue weighted by Gasteiger charge is -2.20. The van der Waals surface area contributed by atoms with Gasteiger partial charge >= 0.3 is 0 Å². The SMILES string of the molecule is c1ccc(-c2cc3cc(-c4cccc5c(-c6c7ccccc7c(-c7cc(-c8ccccc8)c8ccccc8c7)c7ccccc67)cccc45)ccc3o2)cc1. The van der Waals surface area contributed by atoms with Crippen LogP contribution in [0.1, 0.15) is 0 Å². The average molecular weight is 699 g/mol. The third kappa shape index (κ3) is 5.16. The van der Waals surface area contributed by atoms with Crippen molar-refractivity contribution >= 4 is 54.1 Å². The van der Waals surface area contributed by atoms with Crippen LogP contribution in [0.15, 0.2) is 211 Å². The molecule has 1 heteroatoms. The Labute approximate surface area is 319 Å². The van der Waals surface area contributed by atoms with E-state index in [-0.39, 0.29) is 0 Å². The third-order valence-electron chi connectivity index (χ3n) is 11.2. The van der Waals surface area contributed by atoms with Crippen LogP contribution in [0.5, 0.6) is 0 Å². The van der Waals surface area contributed by atoms with Crippen LogP contribution in [0.3, 0.4) is 0 Å². The minimum absolute atomic E-state index is 0.884. The summed E-state index contributed by atoms with van der Waals surface area (Å²) in [6, 6.07) is 74.8. The predicted octanol–water partition coefficient (Wildman–Crippen LogP) is 15.4. The van der Waals surface area contributed by atoms with Gasteiger partial charge in [0.05, 0.1) is 0 Å². The summed E-state index contributed by atoms with van der Waals surface area (Å²) in [6.45, 7) is 0. The molecule has 0 atom stereocenters. The van der Waals surface area contributed by atoms with Crippen LogP contribution in [-0.2, 0) is 0 Å². The average Bonchev–Trinajstić information content (AvgIpc) is 3.69. The van der Waals surface area contributed by atoms with E-state index in [1.54, 1.807) is 0 Å². The normalized spacial score (nSPS) is 11.6. The Bertz CT molecular complexity index is 3190. The number of rotatable bonds is 5. The molecule has 0 aliphatic heterocycles. The second kappa shape index (κ2) is 12.7. The number of benzene rings is 10. The highest BCUT2D eigenvalue weighted by molar-refractivity contribution is 6.24. The van der Waals surface area contributed by atoms with Crippen molar-refractivity contribution in [3.05, 3.63) is 206 Å². The molecule has 11 aromatic rings. The molecular weight excluding hydrogens is 665 g/mol. The lowest BCUT2D eigenvalue weighted by Crippen LogP contribution is -1.93. The van der Waals surface area contributed by atoms with Crippen molar-refractivity contribution in [1.82, 2.24) is 0 Å². The number of hydrogen-bond donors (Lipinski definition) is 0. The summed E-state index contributed by atoms with van der Waals surface area (Å²) in [5.41, 5.74) is 11.8. The Morgan fingerprint density at radius 3 is 1.47 bits per heavy atom. The molecule has 1 heterocycles. The van der Waals surface area contributed by atoms with Crippen molar-refractivity contribution in [3.63, 3.8) is 0 Å². The monoisotopic (exact) mass is 698 g/mol. The lowest BCUT2D eigenvalue weighted by molar-refractivity contribution is 0.631. The Hall–Kier alpha value is -7.22. The van der Waals surface area contributed by atoms with Gasteiger partial charge in [0.15, 0.2) is 0 Å². The van der Waals surface area contributed by atoms with E-state index < -0.39 is 0 Å². The molecule has 0 amide bonds. The van der Waals surface area contributed by atoms with Crippen LogP contribution in [-0.4, -0.2) is 0 Å². The van der Waals surface area contributed by atoms with Gasteiger partial charge in [-0.05, 0) is 118 Å². The van der Waals surface area contributed by atoms with E-state index in [1.807, 2.05) is 18.2 Å². The zero-order chi connectivity index (χ0) is 36.3. The van der Waals surface area contributed by atoms with E-state index in [2.05, 4.69) is 188 Å². The Morgan fingerprint density at radius 2 is 0.782 bits per heavy atom. The van der Waals surface area contributed by atoms with Crippen LogP contribution in [0.2, 0.25) is 0 Å². The molecule has 0 N–H and O–H groups in total. The Morgan fingerprint density at radius 1 is 0.255 bits per heavy atom. The molecule has 55 heavy (non-hydrogen) atoms. The maximum absolute atomic E-state index is 6.28. The summed E-state index contributed by atoms with van der Waals surface area (Å²) in [7, 11) is 0. The van der Waals surface area contributed by atoms with Gasteiger partial charge in [-0.15, -0.1) is 0 Å². The van der Waals surface area contributed by atoms with Crippen molar-refractivity contribution in [2.24, 2.45) is 0 Å². The molecule has 256 valence electrons. The largest absolute Gasteiger partial charge is 0.456 e. The molecule has 0 saturated heterocycles. The van der Waals surface area contributed by atoms with Crippen molar-refractivity contribution in [3.8, 4) is 55.8 Å². The number of fused-ring (bicyclic) bond motifs is 5. The first-order chi connectivity index (χ1) is 27.3. The van der Waals surface area contributed by atoms with Crippen molar-refractivity contribution in [1.29, 1.82) is 0 Å². The minimum Gasteiger partial charge on any atom is -0.456 e. The summed E-state index contributed by atoms with van der Waals surface area (Å²) in [4.78, 5) is 0. The lowest BCUT2D eigenvalue weighted by atomic mass is 9.83. The van der Waals surface area contributed by atoms with Crippen LogP contribution in [0.4, 0.5) is 0 Å². The van der Waals surface area contributed by atoms with Crippen LogP contribution in [0, 0.1) is 0 Å². The van der Waals surface area contributed by atoms with Gasteiger partial charge in [-0.25, -0.2) is 0 Å². The summed E-state index contributed by atoms with van der Waals surface area (Å²) < 4.78 is 6.28. The van der Waals surface area contributed by atoms with Gasteiger partial charge in [0.1, 0.15) is 11.3 Å². The second-order valence-electron chi connectivity index (χ2n) is 14.4. The quantitative estimate of drug-likeness (QED) is 0.163. The molecular formula is C54H34O. The van der Waals surface area contributed by atoms with E-state index >= 15 is 0 Å². The first-order valence-electron chi connectivity index (χ1n) is 18.9. The summed E-state index contributed by atoms with van der Waals surface area (Å²) in [5, 5.41) is 11.1. The van der Waals surface area contributed by atoms with Gasteiger partial charge < -0.3 is 4.42 Å². The molecule has 0 unspecified atom stereocenters. The maximum Gasteiger partial charge on any atom is 0.135 e. The molecule has 1 aromatic heterocycles. The predicted molar refractivity (Wildman–Crippen MR) is 233 cm³/mol. The molecule has 1 nitrogen and oxygen atoms in total. The third-order valence-corrected chi connectivity index (χ3v) is 11.2. The molecule has 0 saturated carbocycles.